The van der Waals surface area contributed by atoms with Crippen LogP contribution in [0.5, 0.6) is 0 Å². The van der Waals surface area contributed by atoms with Crippen LogP contribution in [0, 0.1) is 11.8 Å². The number of nitrogens with zero attached hydrogens (tertiary/aromatic N) is 2. The average Bonchev–Trinajstić information content (AvgIpc) is 3.59. The van der Waals surface area contributed by atoms with E-state index in [9.17, 15) is 73.2 Å². The summed E-state index contributed by atoms with van der Waals surface area (Å²) in [6.07, 6.45) is -14.0. The number of carbonyl (C=O) groups is 6. The summed E-state index contributed by atoms with van der Waals surface area (Å²) in [7, 11) is -10.3. The molecule has 0 aliphatic carbocycles. The van der Waals surface area contributed by atoms with Crippen molar-refractivity contribution < 1.29 is 101 Å². The summed E-state index contributed by atoms with van der Waals surface area (Å²) in [5, 5.41) is 59.8. The van der Waals surface area contributed by atoms with Gasteiger partial charge in [-0.3, -0.25) is 42.8 Å². The summed E-state index contributed by atoms with van der Waals surface area (Å²) in [5.41, 5.74) is 5.57. The van der Waals surface area contributed by atoms with E-state index in [0.29, 0.717) is 49.6 Å². The number of ketones is 2. The van der Waals surface area contributed by atoms with Crippen LogP contribution in [0.4, 0.5) is 0 Å². The zero-order valence-electron chi connectivity index (χ0n) is 40.1. The number of thioether (sulfide) groups is 1. The van der Waals surface area contributed by atoms with E-state index in [1.807, 2.05) is 0 Å². The van der Waals surface area contributed by atoms with E-state index in [4.69, 9.17) is 29.2 Å². The molecule has 30 heteroatoms. The van der Waals surface area contributed by atoms with Crippen molar-refractivity contribution in [2.24, 2.45) is 22.6 Å². The first-order chi connectivity index (χ1) is 33.2. The third-order valence-electron chi connectivity index (χ3n) is 12.1. The Morgan fingerprint density at radius 3 is 2.15 bits per heavy atom. The number of aliphatic imine (C=N–C) groups is 1. The van der Waals surface area contributed by atoms with Gasteiger partial charge in [0.05, 0.1) is 44.2 Å². The summed E-state index contributed by atoms with van der Waals surface area (Å²) in [6.45, 7) is 5.56. The molecule has 4 aliphatic rings. The van der Waals surface area contributed by atoms with Gasteiger partial charge in [0.1, 0.15) is 66.3 Å². The number of carbonyl (C=O) groups excluding carboxylic acids is 6. The van der Waals surface area contributed by atoms with Crippen LogP contribution in [-0.2, 0) is 65.7 Å². The van der Waals surface area contributed by atoms with Crippen LogP contribution in [0.25, 0.3) is 0 Å². The van der Waals surface area contributed by atoms with Crippen molar-refractivity contribution in [3.63, 3.8) is 0 Å². The molecular formula is C41H68N6O21P2S. The van der Waals surface area contributed by atoms with Crippen LogP contribution in [0.1, 0.15) is 73.1 Å². The predicted molar refractivity (Wildman–Crippen MR) is 248 cm³/mol. The van der Waals surface area contributed by atoms with Crippen LogP contribution in [0.3, 0.4) is 0 Å². The number of Topliss-reactive ketones (excluding diaryl/α,β-unsaturated/α-hetero) is 2. The molecule has 3 saturated heterocycles. The van der Waals surface area contributed by atoms with Crippen LogP contribution in [0.15, 0.2) is 15.6 Å². The number of rotatable bonds is 28. The SMILES string of the molecule is CC(=O)NC1C(OC2C(CO)OC(OP(=O)(O)OP(C)(=O)O)C(NC(C)=O)C2O[C@H](C)C(=O)CC[C@@H](CCCCNC(=O)C2=C(SCCN=CN)C[C@@H]3[C@@H]([C@@H](C)O)C(=O)N23)C(C)=O)OC(CO)C(O)C1O. The topological polar surface area (TPSA) is 411 Å². The maximum Gasteiger partial charge on any atom is 0.481 e. The summed E-state index contributed by atoms with van der Waals surface area (Å²) >= 11 is 1.38. The Labute approximate surface area is 414 Å². The Hall–Kier alpha value is -3.28. The van der Waals surface area contributed by atoms with Crippen LogP contribution in [0.2, 0.25) is 0 Å². The molecular weight excluding hydrogens is 1010 g/mol. The Kier molecular flexibility index (Phi) is 22.7. The molecule has 4 heterocycles. The molecule has 0 spiro atoms. The zero-order valence-corrected chi connectivity index (χ0v) is 42.7. The first-order valence-electron chi connectivity index (χ1n) is 22.9. The van der Waals surface area contributed by atoms with Crippen molar-refractivity contribution in [3.05, 3.63) is 10.6 Å². The second kappa shape index (κ2) is 26.8. The molecule has 12 unspecified atom stereocenters. The van der Waals surface area contributed by atoms with Gasteiger partial charge in [0.2, 0.25) is 17.7 Å². The molecule has 0 aromatic rings. The number of fused-ring (bicyclic) bond motifs is 1. The molecule has 17 atom stereocenters. The molecule has 27 nitrogen and oxygen atoms in total. The number of hydrogen-bond acceptors (Lipinski definition) is 21. The fourth-order valence-corrected chi connectivity index (χ4v) is 12.0. The number of aliphatic hydroxyl groups excluding tert-OH is 5. The van der Waals surface area contributed by atoms with Gasteiger partial charge in [0.15, 0.2) is 18.4 Å². The number of β-lactam (4-membered cyclic amide) rings is 1. The molecule has 4 amide bonds. The predicted octanol–water partition coefficient (Wildman–Crippen LogP) is -2.36. The highest BCUT2D eigenvalue weighted by atomic mass is 32.2. The molecule has 0 radical (unpaired) electrons. The highest BCUT2D eigenvalue weighted by molar-refractivity contribution is 8.03. The lowest BCUT2D eigenvalue weighted by Gasteiger charge is -2.49. The van der Waals surface area contributed by atoms with Crippen molar-refractivity contribution in [1.29, 1.82) is 0 Å². The molecule has 12 N–H and O–H groups in total. The Balaban J connectivity index is 1.49. The van der Waals surface area contributed by atoms with Gasteiger partial charge in [-0.2, -0.15) is 0 Å². The minimum atomic E-state index is -5.54. The van der Waals surface area contributed by atoms with E-state index >= 15 is 0 Å². The second-order valence-electron chi connectivity index (χ2n) is 17.7. The molecule has 0 saturated carbocycles. The fourth-order valence-electron chi connectivity index (χ4n) is 8.79. The number of aliphatic hydroxyl groups is 5. The van der Waals surface area contributed by atoms with Crippen molar-refractivity contribution in [3.8, 4) is 0 Å². The zero-order chi connectivity index (χ0) is 53.1. The number of nitrogens with one attached hydrogen (secondary N) is 3. The van der Waals surface area contributed by atoms with Crippen molar-refractivity contribution in [2.75, 3.05) is 38.7 Å². The minimum absolute atomic E-state index is 0.0347. The van der Waals surface area contributed by atoms with Gasteiger partial charge in [-0.25, -0.2) is 8.88 Å². The number of phosphoric acid groups is 1. The Morgan fingerprint density at radius 1 is 0.944 bits per heavy atom. The fraction of sp³-hybridized carbons (Fsp3) is 0.780. The van der Waals surface area contributed by atoms with Gasteiger partial charge in [-0.1, -0.05) is 6.42 Å². The van der Waals surface area contributed by atoms with E-state index < -0.39 is 137 Å². The molecule has 4 rings (SSSR count). The minimum Gasteiger partial charge on any atom is -0.394 e. The Morgan fingerprint density at radius 2 is 1.58 bits per heavy atom. The van der Waals surface area contributed by atoms with E-state index in [2.05, 4.69) is 25.3 Å². The van der Waals surface area contributed by atoms with Gasteiger partial charge in [0.25, 0.3) is 5.91 Å². The summed E-state index contributed by atoms with van der Waals surface area (Å²) in [5.74, 6) is -3.96. The standard InChI is InChI=1S/C41H68N6O21P2S/c1-19(50)24(9-7-8-12-44-38(57)33-29(71-14-13-43-18-42)15-25-30(20(2)51)39(58)47(25)33)10-11-26(54)21(3)63-37-32(46-23(5)53)41(67-70(61,62)68-69(6,59)60)65-28(17-49)36(37)66-40-31(45-22(4)52)35(56)34(55)27(16-48)64-40/h18,20-21,24-25,27-28,30-32,34-37,40-41,48-49,51,55-56H,7-17H2,1-6H3,(H2,42,43)(H,44,57)(H,45,52)(H,46,53)(H,59,60)(H,61,62)/t20-,21-,24-,25-,27?,28?,30-,31?,32?,34?,35?,36?,37?,40?,41?/m1/s1. The smallest absolute Gasteiger partial charge is 0.394 e. The van der Waals surface area contributed by atoms with E-state index in [0.717, 1.165) is 13.8 Å². The van der Waals surface area contributed by atoms with Gasteiger partial charge in [-0.05, 0) is 40.0 Å². The van der Waals surface area contributed by atoms with Gasteiger partial charge in [-0.15, -0.1) is 11.8 Å². The number of hydrogen-bond donors (Lipinski definition) is 11. The normalized spacial score (nSPS) is 31.7. The molecule has 4 aliphatic heterocycles. The first-order valence-corrected chi connectivity index (χ1v) is 27.4. The van der Waals surface area contributed by atoms with E-state index in [1.165, 1.54) is 43.8 Å². The molecule has 3 fully saturated rings. The number of amides is 4. The van der Waals surface area contributed by atoms with Gasteiger partial charge < -0.3 is 80.9 Å². The summed E-state index contributed by atoms with van der Waals surface area (Å²) in [4.78, 5) is 104. The monoisotopic (exact) mass is 1070 g/mol. The lowest BCUT2D eigenvalue weighted by molar-refractivity contribution is -0.331. The van der Waals surface area contributed by atoms with E-state index in [1.54, 1.807) is 0 Å². The van der Waals surface area contributed by atoms with Gasteiger partial charge in [0, 0.05) is 56.5 Å². The number of phosphoric ester groups is 1. The largest absolute Gasteiger partial charge is 0.481 e. The van der Waals surface area contributed by atoms with Crippen LogP contribution >= 0.6 is 27.2 Å². The lowest BCUT2D eigenvalue weighted by atomic mass is 9.83. The van der Waals surface area contributed by atoms with Crippen molar-refractivity contribution in [2.45, 2.75) is 153 Å². The number of ether oxygens (including phenoxy) is 4. The average molecular weight is 1080 g/mol. The highest BCUT2D eigenvalue weighted by Crippen LogP contribution is 2.59. The van der Waals surface area contributed by atoms with E-state index in [-0.39, 0.29) is 42.8 Å². The number of nitrogens with two attached hydrogens (primary N) is 1. The summed E-state index contributed by atoms with van der Waals surface area (Å²) < 4.78 is 58.2. The molecule has 71 heavy (non-hydrogen) atoms. The third-order valence-corrected chi connectivity index (χ3v) is 15.7. The highest BCUT2D eigenvalue weighted by Gasteiger charge is 2.57. The summed E-state index contributed by atoms with van der Waals surface area (Å²) in [6, 6.07) is -3.69. The van der Waals surface area contributed by atoms with Crippen LogP contribution in [-0.4, -0.2) is 200 Å². The maximum absolute atomic E-state index is 13.9. The van der Waals surface area contributed by atoms with Crippen molar-refractivity contribution >= 4 is 68.7 Å². The quantitative estimate of drug-likeness (QED) is 0.0128. The Bertz CT molecular complexity index is 2060. The molecule has 0 aromatic heterocycles. The molecule has 404 valence electrons. The maximum atomic E-state index is 13.9. The first kappa shape index (κ1) is 60.3. The lowest BCUT2D eigenvalue weighted by Crippen LogP contribution is -2.70. The van der Waals surface area contributed by atoms with Crippen LogP contribution < -0.4 is 21.7 Å². The molecule has 0 bridgehead atoms. The second-order valence-corrected chi connectivity index (χ2v) is 22.3. The van der Waals surface area contributed by atoms with Crippen molar-refractivity contribution in [1.82, 2.24) is 20.9 Å². The number of unbranched alkanes of at least 4 members (excludes halogenated alkanes) is 1. The molecule has 0 aromatic carbocycles. The van der Waals surface area contributed by atoms with Gasteiger partial charge >= 0.3 is 15.4 Å². The third kappa shape index (κ3) is 16.4.